The van der Waals surface area contributed by atoms with E-state index < -0.39 is 6.61 Å². The number of alkyl halides is 2. The molecular weight excluding hydrogens is 382 g/mol. The summed E-state index contributed by atoms with van der Waals surface area (Å²) in [6, 6.07) is 9.91. The fraction of sp³-hybridized carbons (Fsp3) is 0.278. The molecule has 26 heavy (non-hydrogen) atoms. The summed E-state index contributed by atoms with van der Waals surface area (Å²) in [6.07, 6.45) is 1.74. The van der Waals surface area contributed by atoms with E-state index in [9.17, 15) is 13.6 Å². The molecule has 0 saturated carbocycles. The molecule has 0 spiro atoms. The third-order valence-corrected chi connectivity index (χ3v) is 4.62. The van der Waals surface area contributed by atoms with Gasteiger partial charge in [0, 0.05) is 24.5 Å². The van der Waals surface area contributed by atoms with E-state index in [1.54, 1.807) is 18.2 Å². The number of amides is 1. The topological polar surface area (TPSA) is 41.6 Å². The lowest BCUT2D eigenvalue weighted by Crippen LogP contribution is -2.36. The third kappa shape index (κ3) is 7.11. The van der Waals surface area contributed by atoms with Crippen molar-refractivity contribution >= 4 is 28.8 Å². The van der Waals surface area contributed by atoms with Crippen LogP contribution in [0.1, 0.15) is 10.4 Å². The number of benzene rings is 1. The van der Waals surface area contributed by atoms with Gasteiger partial charge in [0.25, 0.3) is 0 Å². The van der Waals surface area contributed by atoms with Crippen LogP contribution in [0.2, 0.25) is 4.34 Å². The maximum atomic E-state index is 12.2. The van der Waals surface area contributed by atoms with Crippen molar-refractivity contribution in [2.45, 2.75) is 19.7 Å². The van der Waals surface area contributed by atoms with Crippen molar-refractivity contribution in [2.75, 3.05) is 13.1 Å². The summed E-state index contributed by atoms with van der Waals surface area (Å²) >= 11 is 7.41. The summed E-state index contributed by atoms with van der Waals surface area (Å²) in [5.41, 5.74) is 0.792. The molecule has 0 unspecified atom stereocenters. The molecule has 1 amide bonds. The van der Waals surface area contributed by atoms with E-state index in [-0.39, 0.29) is 18.2 Å². The second kappa shape index (κ2) is 10.3. The van der Waals surface area contributed by atoms with E-state index in [2.05, 4.69) is 16.6 Å². The molecule has 4 nitrogen and oxygen atoms in total. The molecule has 1 N–H and O–H groups in total. The highest BCUT2D eigenvalue weighted by molar-refractivity contribution is 7.16. The quantitative estimate of drug-likeness (QED) is 0.604. The number of hydrogen-bond donors (Lipinski definition) is 1. The molecule has 140 valence electrons. The second-order valence-electron chi connectivity index (χ2n) is 5.46. The predicted octanol–water partition coefficient (Wildman–Crippen LogP) is 4.31. The van der Waals surface area contributed by atoms with Gasteiger partial charge in [0.05, 0.1) is 10.9 Å². The SMILES string of the molecule is C=CCN(CC(=O)NCc1ccc(OC(F)F)cc1)Cc1ccc(Cl)s1. The van der Waals surface area contributed by atoms with Crippen molar-refractivity contribution < 1.29 is 18.3 Å². The van der Waals surface area contributed by atoms with Gasteiger partial charge in [0.2, 0.25) is 5.91 Å². The zero-order chi connectivity index (χ0) is 18.9. The van der Waals surface area contributed by atoms with Crippen LogP contribution in [0.15, 0.2) is 49.1 Å². The molecule has 1 heterocycles. The van der Waals surface area contributed by atoms with Crippen LogP contribution >= 0.6 is 22.9 Å². The molecule has 0 aliphatic rings. The van der Waals surface area contributed by atoms with Crippen LogP contribution in [-0.4, -0.2) is 30.5 Å². The largest absolute Gasteiger partial charge is 0.435 e. The van der Waals surface area contributed by atoms with Crippen LogP contribution in [0.25, 0.3) is 0 Å². The van der Waals surface area contributed by atoms with Gasteiger partial charge in [-0.3, -0.25) is 9.69 Å². The maximum Gasteiger partial charge on any atom is 0.387 e. The molecule has 0 bridgehead atoms. The molecule has 0 aliphatic carbocycles. The van der Waals surface area contributed by atoms with E-state index in [1.807, 2.05) is 17.0 Å². The van der Waals surface area contributed by atoms with Gasteiger partial charge >= 0.3 is 6.61 Å². The Hall–Kier alpha value is -1.96. The zero-order valence-corrected chi connectivity index (χ0v) is 15.5. The molecular formula is C18H19ClF2N2O2S. The van der Waals surface area contributed by atoms with Crippen LogP contribution < -0.4 is 10.1 Å². The summed E-state index contributed by atoms with van der Waals surface area (Å²) < 4.78 is 29.2. The standard InChI is InChI=1S/C18H19ClF2N2O2S/c1-2-9-23(11-15-7-8-16(19)26-15)12-17(24)22-10-13-3-5-14(6-4-13)25-18(20)21/h2-8,18H,1,9-12H2,(H,22,24). The number of rotatable bonds is 10. The molecule has 1 aromatic heterocycles. The van der Waals surface area contributed by atoms with Gasteiger partial charge < -0.3 is 10.1 Å². The third-order valence-electron chi connectivity index (χ3n) is 3.40. The van der Waals surface area contributed by atoms with E-state index in [0.717, 1.165) is 10.4 Å². The van der Waals surface area contributed by atoms with Crippen LogP contribution in [0, 0.1) is 0 Å². The lowest BCUT2D eigenvalue weighted by Gasteiger charge is -2.19. The molecule has 2 rings (SSSR count). The van der Waals surface area contributed by atoms with Crippen molar-refractivity contribution in [3.05, 3.63) is 63.8 Å². The number of carbonyl (C=O) groups excluding carboxylic acids is 1. The lowest BCUT2D eigenvalue weighted by atomic mass is 10.2. The van der Waals surface area contributed by atoms with Crippen LogP contribution in [-0.2, 0) is 17.9 Å². The maximum absolute atomic E-state index is 12.2. The predicted molar refractivity (Wildman–Crippen MR) is 99.7 cm³/mol. The minimum absolute atomic E-state index is 0.0850. The number of nitrogens with zero attached hydrogens (tertiary/aromatic N) is 1. The van der Waals surface area contributed by atoms with Gasteiger partial charge in [0.15, 0.2) is 0 Å². The molecule has 0 fully saturated rings. The Morgan fingerprint density at radius 2 is 2.04 bits per heavy atom. The normalized spacial score (nSPS) is 11.0. The average Bonchev–Trinajstić information content (AvgIpc) is 2.99. The first kappa shape index (κ1) is 20.4. The highest BCUT2D eigenvalue weighted by Gasteiger charge is 2.11. The van der Waals surface area contributed by atoms with Gasteiger partial charge in [-0.15, -0.1) is 17.9 Å². The molecule has 0 atom stereocenters. The van der Waals surface area contributed by atoms with Crippen LogP contribution in [0.4, 0.5) is 8.78 Å². The van der Waals surface area contributed by atoms with Gasteiger partial charge in [-0.2, -0.15) is 8.78 Å². The Kier molecular flexibility index (Phi) is 8.03. The Morgan fingerprint density at radius 3 is 2.62 bits per heavy atom. The number of halogens is 3. The van der Waals surface area contributed by atoms with Crippen molar-refractivity contribution in [1.82, 2.24) is 10.2 Å². The number of thiophene rings is 1. The fourth-order valence-electron chi connectivity index (χ4n) is 2.27. The average molecular weight is 401 g/mol. The summed E-state index contributed by atoms with van der Waals surface area (Å²) in [5, 5.41) is 2.81. The summed E-state index contributed by atoms with van der Waals surface area (Å²) in [6.45, 7) is 2.57. The van der Waals surface area contributed by atoms with Crippen molar-refractivity contribution in [2.24, 2.45) is 0 Å². The van der Waals surface area contributed by atoms with Gasteiger partial charge in [0.1, 0.15) is 5.75 Å². The Bertz CT molecular complexity index is 722. The fourth-order valence-corrected chi connectivity index (χ4v) is 3.40. The van der Waals surface area contributed by atoms with E-state index in [1.165, 1.54) is 23.5 Å². The smallest absolute Gasteiger partial charge is 0.387 e. The minimum Gasteiger partial charge on any atom is -0.435 e. The van der Waals surface area contributed by atoms with Gasteiger partial charge in [-0.25, -0.2) is 0 Å². The molecule has 0 saturated heterocycles. The van der Waals surface area contributed by atoms with Crippen molar-refractivity contribution in [1.29, 1.82) is 0 Å². The van der Waals surface area contributed by atoms with Gasteiger partial charge in [-0.1, -0.05) is 29.8 Å². The van der Waals surface area contributed by atoms with E-state index in [4.69, 9.17) is 11.6 Å². The first-order valence-electron chi connectivity index (χ1n) is 7.84. The van der Waals surface area contributed by atoms with E-state index in [0.29, 0.717) is 24.0 Å². The Balaban J connectivity index is 1.82. The van der Waals surface area contributed by atoms with Gasteiger partial charge in [-0.05, 0) is 29.8 Å². The minimum atomic E-state index is -2.85. The van der Waals surface area contributed by atoms with Crippen molar-refractivity contribution in [3.8, 4) is 5.75 Å². The zero-order valence-electron chi connectivity index (χ0n) is 14.0. The number of ether oxygens (including phenoxy) is 1. The number of hydrogen-bond acceptors (Lipinski definition) is 4. The summed E-state index contributed by atoms with van der Waals surface area (Å²) in [5.74, 6) is -0.0516. The number of carbonyl (C=O) groups is 1. The Morgan fingerprint density at radius 1 is 1.31 bits per heavy atom. The molecule has 0 aliphatic heterocycles. The highest BCUT2D eigenvalue weighted by atomic mass is 35.5. The van der Waals surface area contributed by atoms with E-state index >= 15 is 0 Å². The highest BCUT2D eigenvalue weighted by Crippen LogP contribution is 2.22. The molecule has 8 heteroatoms. The first-order valence-corrected chi connectivity index (χ1v) is 9.03. The van der Waals surface area contributed by atoms with Crippen molar-refractivity contribution in [3.63, 3.8) is 0 Å². The number of nitrogens with one attached hydrogen (secondary N) is 1. The monoisotopic (exact) mass is 400 g/mol. The summed E-state index contributed by atoms with van der Waals surface area (Å²) in [4.78, 5) is 15.2. The first-order chi connectivity index (χ1) is 12.5. The molecule has 2 aromatic rings. The summed E-state index contributed by atoms with van der Waals surface area (Å²) in [7, 11) is 0. The molecule has 1 aromatic carbocycles. The second-order valence-corrected chi connectivity index (χ2v) is 7.26. The molecule has 0 radical (unpaired) electrons. The Labute approximate surface area is 160 Å². The van der Waals surface area contributed by atoms with Crippen LogP contribution in [0.5, 0.6) is 5.75 Å². The van der Waals surface area contributed by atoms with Crippen LogP contribution in [0.3, 0.4) is 0 Å². The lowest BCUT2D eigenvalue weighted by molar-refractivity contribution is -0.122.